The smallest absolute Gasteiger partial charge is 0.242 e. The molecule has 0 aliphatic carbocycles. The SMILES string of the molecule is CC(C)OCCN(C)S(=O)(=O)c1ccc(NN)cc1. The second kappa shape index (κ2) is 6.85. The molecule has 0 unspecified atom stereocenters. The molecule has 6 nitrogen and oxygen atoms in total. The van der Waals surface area contributed by atoms with Gasteiger partial charge in [0.1, 0.15) is 0 Å². The first-order valence-corrected chi connectivity index (χ1v) is 7.46. The number of anilines is 1. The second-order valence-electron chi connectivity index (χ2n) is 4.41. The van der Waals surface area contributed by atoms with Crippen molar-refractivity contribution in [3.8, 4) is 0 Å². The van der Waals surface area contributed by atoms with E-state index >= 15 is 0 Å². The zero-order valence-corrected chi connectivity index (χ0v) is 12.3. The highest BCUT2D eigenvalue weighted by molar-refractivity contribution is 7.89. The Morgan fingerprint density at radius 2 is 1.89 bits per heavy atom. The van der Waals surface area contributed by atoms with Gasteiger partial charge in [0.25, 0.3) is 0 Å². The van der Waals surface area contributed by atoms with E-state index in [1.54, 1.807) is 12.1 Å². The molecule has 0 amide bonds. The molecule has 0 saturated carbocycles. The van der Waals surface area contributed by atoms with Gasteiger partial charge in [-0.05, 0) is 38.1 Å². The fourth-order valence-electron chi connectivity index (χ4n) is 1.44. The van der Waals surface area contributed by atoms with Crippen molar-refractivity contribution in [2.75, 3.05) is 25.6 Å². The van der Waals surface area contributed by atoms with Crippen molar-refractivity contribution < 1.29 is 13.2 Å². The summed E-state index contributed by atoms with van der Waals surface area (Å²) in [5, 5.41) is 0. The van der Waals surface area contributed by atoms with Crippen LogP contribution in [0.4, 0.5) is 5.69 Å². The highest BCUT2D eigenvalue weighted by Crippen LogP contribution is 2.16. The molecular formula is C12H21N3O3S. The monoisotopic (exact) mass is 287 g/mol. The number of nitrogens with zero attached hydrogens (tertiary/aromatic N) is 1. The zero-order valence-electron chi connectivity index (χ0n) is 11.5. The third-order valence-electron chi connectivity index (χ3n) is 2.59. The van der Waals surface area contributed by atoms with Crippen molar-refractivity contribution in [2.45, 2.75) is 24.8 Å². The van der Waals surface area contributed by atoms with E-state index in [1.807, 2.05) is 13.8 Å². The Morgan fingerprint density at radius 1 is 1.32 bits per heavy atom. The van der Waals surface area contributed by atoms with Crippen LogP contribution in [-0.4, -0.2) is 39.0 Å². The maximum atomic E-state index is 12.2. The Labute approximate surface area is 114 Å². The van der Waals surface area contributed by atoms with Crippen molar-refractivity contribution in [2.24, 2.45) is 5.84 Å². The summed E-state index contributed by atoms with van der Waals surface area (Å²) in [6.07, 6.45) is 0.0889. The number of sulfonamides is 1. The molecule has 0 aliphatic rings. The molecule has 1 aromatic rings. The third kappa shape index (κ3) is 4.46. The van der Waals surface area contributed by atoms with Gasteiger partial charge >= 0.3 is 0 Å². The number of hydrogen-bond donors (Lipinski definition) is 2. The molecule has 0 atom stereocenters. The number of benzene rings is 1. The lowest BCUT2D eigenvalue weighted by atomic mass is 10.3. The Kier molecular flexibility index (Phi) is 5.74. The normalized spacial score (nSPS) is 12.1. The van der Waals surface area contributed by atoms with Gasteiger partial charge in [0.05, 0.1) is 17.6 Å². The summed E-state index contributed by atoms with van der Waals surface area (Å²) in [7, 11) is -1.94. The zero-order chi connectivity index (χ0) is 14.5. The fraction of sp³-hybridized carbons (Fsp3) is 0.500. The minimum atomic E-state index is -3.48. The lowest BCUT2D eigenvalue weighted by Gasteiger charge is -2.18. The molecule has 0 spiro atoms. The topological polar surface area (TPSA) is 84.7 Å². The van der Waals surface area contributed by atoms with Gasteiger partial charge in [0.2, 0.25) is 10.0 Å². The number of hydrogen-bond acceptors (Lipinski definition) is 5. The van der Waals surface area contributed by atoms with Gasteiger partial charge in [-0.2, -0.15) is 4.31 Å². The number of nitrogens with one attached hydrogen (secondary N) is 1. The first kappa shape index (κ1) is 15.9. The van der Waals surface area contributed by atoms with Crippen LogP contribution in [0.2, 0.25) is 0 Å². The van der Waals surface area contributed by atoms with Crippen LogP contribution < -0.4 is 11.3 Å². The number of hydrazine groups is 1. The van der Waals surface area contributed by atoms with Crippen LogP contribution in [0.15, 0.2) is 29.2 Å². The van der Waals surface area contributed by atoms with Crippen molar-refractivity contribution in [3.63, 3.8) is 0 Å². The first-order chi connectivity index (χ1) is 8.87. The van der Waals surface area contributed by atoms with Gasteiger partial charge in [-0.3, -0.25) is 5.84 Å². The number of likely N-dealkylation sites (N-methyl/N-ethyl adjacent to an activating group) is 1. The minimum Gasteiger partial charge on any atom is -0.377 e. The van der Waals surface area contributed by atoms with E-state index in [-0.39, 0.29) is 11.0 Å². The predicted octanol–water partition coefficient (Wildman–Crippen LogP) is 1.02. The Bertz CT molecular complexity index is 485. The standard InChI is InChI=1S/C12H21N3O3S/c1-10(2)18-9-8-15(3)19(16,17)12-6-4-11(14-13)5-7-12/h4-7,10,14H,8-9,13H2,1-3H3. The molecule has 0 aliphatic heterocycles. The predicted molar refractivity (Wildman–Crippen MR) is 75.2 cm³/mol. The van der Waals surface area contributed by atoms with Crippen LogP contribution in [0, 0.1) is 0 Å². The molecule has 19 heavy (non-hydrogen) atoms. The lowest BCUT2D eigenvalue weighted by Crippen LogP contribution is -2.30. The van der Waals surface area contributed by atoms with Crippen LogP contribution in [0.25, 0.3) is 0 Å². The highest BCUT2D eigenvalue weighted by Gasteiger charge is 2.20. The maximum absolute atomic E-state index is 12.2. The highest BCUT2D eigenvalue weighted by atomic mass is 32.2. The molecular weight excluding hydrogens is 266 g/mol. The second-order valence-corrected chi connectivity index (χ2v) is 6.46. The van der Waals surface area contributed by atoms with Crippen LogP contribution in [0.3, 0.4) is 0 Å². The van der Waals surface area contributed by atoms with E-state index in [1.165, 1.54) is 23.5 Å². The molecule has 0 bridgehead atoms. The van der Waals surface area contributed by atoms with E-state index in [9.17, 15) is 8.42 Å². The van der Waals surface area contributed by atoms with E-state index in [4.69, 9.17) is 10.6 Å². The van der Waals surface area contributed by atoms with Gasteiger partial charge < -0.3 is 10.2 Å². The van der Waals surface area contributed by atoms with E-state index in [2.05, 4.69) is 5.43 Å². The molecule has 1 rings (SSSR count). The number of nitrogens with two attached hydrogens (primary N) is 1. The molecule has 1 aromatic carbocycles. The summed E-state index contributed by atoms with van der Waals surface area (Å²) in [6.45, 7) is 4.51. The van der Waals surface area contributed by atoms with E-state index < -0.39 is 10.0 Å². The Hall–Kier alpha value is -1.15. The molecule has 0 aromatic heterocycles. The average molecular weight is 287 g/mol. The molecule has 108 valence electrons. The molecule has 0 heterocycles. The average Bonchev–Trinajstić information content (AvgIpc) is 2.38. The summed E-state index contributed by atoms with van der Waals surface area (Å²) >= 11 is 0. The summed E-state index contributed by atoms with van der Waals surface area (Å²) in [6, 6.07) is 6.27. The quantitative estimate of drug-likeness (QED) is 0.578. The summed E-state index contributed by atoms with van der Waals surface area (Å²) in [4.78, 5) is 0.235. The molecule has 0 saturated heterocycles. The van der Waals surface area contributed by atoms with Gasteiger partial charge in [0.15, 0.2) is 0 Å². The van der Waals surface area contributed by atoms with Crippen LogP contribution >= 0.6 is 0 Å². The number of nitrogen functional groups attached to an aromatic ring is 1. The largest absolute Gasteiger partial charge is 0.377 e. The summed E-state index contributed by atoms with van der Waals surface area (Å²) in [5.41, 5.74) is 3.11. The summed E-state index contributed by atoms with van der Waals surface area (Å²) < 4.78 is 31.1. The van der Waals surface area contributed by atoms with E-state index in [0.29, 0.717) is 18.8 Å². The third-order valence-corrected chi connectivity index (χ3v) is 4.46. The molecule has 7 heteroatoms. The minimum absolute atomic E-state index is 0.0889. The van der Waals surface area contributed by atoms with Gasteiger partial charge in [-0.1, -0.05) is 0 Å². The van der Waals surface area contributed by atoms with Crippen LogP contribution in [0.5, 0.6) is 0 Å². The van der Waals surface area contributed by atoms with Crippen molar-refractivity contribution in [1.82, 2.24) is 4.31 Å². The Balaban J connectivity index is 2.72. The van der Waals surface area contributed by atoms with Crippen molar-refractivity contribution >= 4 is 15.7 Å². The summed E-state index contributed by atoms with van der Waals surface area (Å²) in [5.74, 6) is 5.24. The van der Waals surface area contributed by atoms with Gasteiger partial charge in [-0.25, -0.2) is 8.42 Å². The number of ether oxygens (including phenoxy) is 1. The lowest BCUT2D eigenvalue weighted by molar-refractivity contribution is 0.0737. The molecule has 3 N–H and O–H groups in total. The van der Waals surface area contributed by atoms with Crippen LogP contribution in [0.1, 0.15) is 13.8 Å². The van der Waals surface area contributed by atoms with Crippen LogP contribution in [-0.2, 0) is 14.8 Å². The fourth-order valence-corrected chi connectivity index (χ4v) is 2.60. The van der Waals surface area contributed by atoms with Gasteiger partial charge in [-0.15, -0.1) is 0 Å². The van der Waals surface area contributed by atoms with Crippen molar-refractivity contribution in [1.29, 1.82) is 0 Å². The number of rotatable bonds is 7. The molecule has 0 radical (unpaired) electrons. The Morgan fingerprint density at radius 3 is 2.37 bits per heavy atom. The maximum Gasteiger partial charge on any atom is 0.242 e. The van der Waals surface area contributed by atoms with Gasteiger partial charge in [0, 0.05) is 19.3 Å². The first-order valence-electron chi connectivity index (χ1n) is 6.02. The molecule has 0 fully saturated rings. The van der Waals surface area contributed by atoms with Crippen molar-refractivity contribution in [3.05, 3.63) is 24.3 Å². The van der Waals surface area contributed by atoms with E-state index in [0.717, 1.165) is 0 Å².